The second kappa shape index (κ2) is 10.0. The number of amides is 4. The van der Waals surface area contributed by atoms with Crippen LogP contribution in [0.4, 0.5) is 9.93 Å². The zero-order valence-corrected chi connectivity index (χ0v) is 19.4. The summed E-state index contributed by atoms with van der Waals surface area (Å²) < 4.78 is 4.63. The molecule has 1 fully saturated rings. The van der Waals surface area contributed by atoms with Crippen molar-refractivity contribution in [3.8, 4) is 0 Å². The highest BCUT2D eigenvalue weighted by Crippen LogP contribution is 2.30. The molecule has 0 radical (unpaired) electrons. The minimum absolute atomic E-state index is 0.0381. The standard InChI is InChI=1S/C23H19ClN4O5S/c1-33-21(31)16-12-34-22(25-16)27-19(29)17(11-13-7-3-2-4-8-13)28-20(30)18(26-23(28)32)14-9-5-6-10-15(14)24/h2-10,12,17-18H,11H2,1H3,(H,26,32)(H,25,27,29)/t17-,18?/m0/s1. The SMILES string of the molecule is COC(=O)c1csc(NC(=O)[C@H](Cc2ccccc2)N2C(=O)NC(c3ccccc3Cl)C2=O)n1. The zero-order valence-electron chi connectivity index (χ0n) is 17.9. The van der Waals surface area contributed by atoms with Crippen molar-refractivity contribution in [3.05, 3.63) is 81.8 Å². The van der Waals surface area contributed by atoms with Crippen molar-refractivity contribution in [3.63, 3.8) is 0 Å². The lowest BCUT2D eigenvalue weighted by Crippen LogP contribution is -2.49. The summed E-state index contributed by atoms with van der Waals surface area (Å²) in [5.41, 5.74) is 1.22. The highest BCUT2D eigenvalue weighted by atomic mass is 35.5. The number of halogens is 1. The average molecular weight is 499 g/mol. The fourth-order valence-electron chi connectivity index (χ4n) is 3.57. The van der Waals surface area contributed by atoms with Crippen molar-refractivity contribution in [1.82, 2.24) is 15.2 Å². The average Bonchev–Trinajstić information content (AvgIpc) is 3.42. The Kier molecular flexibility index (Phi) is 6.90. The second-order valence-corrected chi connectivity index (χ2v) is 8.60. The molecule has 0 saturated carbocycles. The third-order valence-electron chi connectivity index (χ3n) is 5.20. The molecule has 174 valence electrons. The molecular weight excluding hydrogens is 480 g/mol. The fraction of sp³-hybridized carbons (Fsp3) is 0.174. The van der Waals surface area contributed by atoms with E-state index in [1.807, 2.05) is 6.07 Å². The normalized spacial score (nSPS) is 16.2. The molecule has 1 aliphatic rings. The van der Waals surface area contributed by atoms with Crippen LogP contribution in [0.1, 0.15) is 27.7 Å². The van der Waals surface area contributed by atoms with E-state index in [1.165, 1.54) is 12.5 Å². The van der Waals surface area contributed by atoms with Crippen molar-refractivity contribution in [2.75, 3.05) is 12.4 Å². The van der Waals surface area contributed by atoms with Gasteiger partial charge in [0, 0.05) is 22.4 Å². The van der Waals surface area contributed by atoms with Crippen LogP contribution in [0, 0.1) is 0 Å². The summed E-state index contributed by atoms with van der Waals surface area (Å²) in [5.74, 6) is -1.87. The lowest BCUT2D eigenvalue weighted by molar-refractivity contribution is -0.134. The number of nitrogens with zero attached hydrogens (tertiary/aromatic N) is 2. The van der Waals surface area contributed by atoms with Gasteiger partial charge in [-0.05, 0) is 11.6 Å². The molecule has 1 unspecified atom stereocenters. The van der Waals surface area contributed by atoms with E-state index in [9.17, 15) is 19.2 Å². The predicted molar refractivity (Wildman–Crippen MR) is 126 cm³/mol. The van der Waals surface area contributed by atoms with Gasteiger partial charge in [0.05, 0.1) is 7.11 Å². The molecule has 0 aliphatic carbocycles. The van der Waals surface area contributed by atoms with Gasteiger partial charge in [0.1, 0.15) is 12.1 Å². The van der Waals surface area contributed by atoms with Crippen LogP contribution in [0.2, 0.25) is 5.02 Å². The monoisotopic (exact) mass is 498 g/mol. The van der Waals surface area contributed by atoms with E-state index in [0.717, 1.165) is 21.8 Å². The number of thiazole rings is 1. The number of carbonyl (C=O) groups excluding carboxylic acids is 4. The van der Waals surface area contributed by atoms with E-state index in [4.69, 9.17) is 11.6 Å². The number of hydrogen-bond donors (Lipinski definition) is 2. The van der Waals surface area contributed by atoms with Gasteiger partial charge in [0.25, 0.3) is 5.91 Å². The molecule has 11 heteroatoms. The van der Waals surface area contributed by atoms with Gasteiger partial charge < -0.3 is 15.4 Å². The number of carbonyl (C=O) groups is 4. The van der Waals surface area contributed by atoms with Crippen LogP contribution < -0.4 is 10.6 Å². The number of rotatable bonds is 7. The van der Waals surface area contributed by atoms with Gasteiger partial charge in [-0.1, -0.05) is 60.1 Å². The zero-order chi connectivity index (χ0) is 24.2. The highest BCUT2D eigenvalue weighted by Gasteiger charge is 2.46. The largest absolute Gasteiger partial charge is 0.464 e. The Hall–Kier alpha value is -3.76. The second-order valence-electron chi connectivity index (χ2n) is 7.34. The number of esters is 1. The van der Waals surface area contributed by atoms with Gasteiger partial charge in [-0.3, -0.25) is 9.59 Å². The van der Waals surface area contributed by atoms with Crippen LogP contribution >= 0.6 is 22.9 Å². The lowest BCUT2D eigenvalue weighted by Gasteiger charge is -2.24. The van der Waals surface area contributed by atoms with Crippen LogP contribution in [0.3, 0.4) is 0 Å². The molecule has 9 nitrogen and oxygen atoms in total. The molecule has 1 aliphatic heterocycles. The number of aromatic nitrogens is 1. The van der Waals surface area contributed by atoms with Crippen molar-refractivity contribution in [2.24, 2.45) is 0 Å². The predicted octanol–water partition coefficient (Wildman–Crippen LogP) is 3.43. The van der Waals surface area contributed by atoms with E-state index in [0.29, 0.717) is 10.6 Å². The Morgan fingerprint density at radius 3 is 2.59 bits per heavy atom. The van der Waals surface area contributed by atoms with E-state index in [1.54, 1.807) is 48.5 Å². The Bertz CT molecular complexity index is 1250. The molecule has 34 heavy (non-hydrogen) atoms. The molecule has 2 aromatic carbocycles. The van der Waals surface area contributed by atoms with E-state index >= 15 is 0 Å². The number of hydrogen-bond acceptors (Lipinski definition) is 7. The maximum atomic E-state index is 13.3. The first-order valence-electron chi connectivity index (χ1n) is 10.2. The van der Waals surface area contributed by atoms with Crippen LogP contribution in [0.5, 0.6) is 0 Å². The summed E-state index contributed by atoms with van der Waals surface area (Å²) in [6, 6.07) is 12.8. The molecule has 3 aromatic rings. The molecule has 1 aromatic heterocycles. The summed E-state index contributed by atoms with van der Waals surface area (Å²) in [6.07, 6.45) is 0.0797. The van der Waals surface area contributed by atoms with Gasteiger partial charge in [-0.2, -0.15) is 0 Å². The Morgan fingerprint density at radius 1 is 1.18 bits per heavy atom. The van der Waals surface area contributed by atoms with Crippen molar-refractivity contribution in [2.45, 2.75) is 18.5 Å². The Balaban J connectivity index is 1.63. The molecule has 0 spiro atoms. The van der Waals surface area contributed by atoms with Gasteiger partial charge in [0.15, 0.2) is 10.8 Å². The van der Waals surface area contributed by atoms with Gasteiger partial charge in [0.2, 0.25) is 5.91 Å². The van der Waals surface area contributed by atoms with Crippen LogP contribution in [-0.2, 0) is 20.7 Å². The molecule has 2 heterocycles. The molecule has 2 N–H and O–H groups in total. The summed E-state index contributed by atoms with van der Waals surface area (Å²) in [5, 5.41) is 7.13. The highest BCUT2D eigenvalue weighted by molar-refractivity contribution is 7.14. The number of nitrogens with one attached hydrogen (secondary N) is 2. The number of ether oxygens (including phenoxy) is 1. The molecule has 2 atom stereocenters. The van der Waals surface area contributed by atoms with E-state index < -0.39 is 35.9 Å². The van der Waals surface area contributed by atoms with Crippen LogP contribution in [0.25, 0.3) is 0 Å². The first-order chi connectivity index (χ1) is 16.4. The fourth-order valence-corrected chi connectivity index (χ4v) is 4.49. The van der Waals surface area contributed by atoms with Crippen LogP contribution in [0.15, 0.2) is 60.0 Å². The van der Waals surface area contributed by atoms with Crippen LogP contribution in [-0.4, -0.2) is 46.9 Å². The minimum Gasteiger partial charge on any atom is -0.464 e. The quantitative estimate of drug-likeness (QED) is 0.380. The first-order valence-corrected chi connectivity index (χ1v) is 11.4. The molecule has 1 saturated heterocycles. The van der Waals surface area contributed by atoms with Crippen molar-refractivity contribution >= 4 is 51.9 Å². The Morgan fingerprint density at radius 2 is 1.88 bits per heavy atom. The maximum Gasteiger partial charge on any atom is 0.357 e. The Labute approximate surface area is 203 Å². The molecule has 4 rings (SSSR count). The third-order valence-corrected chi connectivity index (χ3v) is 6.30. The van der Waals surface area contributed by atoms with Gasteiger partial charge >= 0.3 is 12.0 Å². The van der Waals surface area contributed by atoms with E-state index in [-0.39, 0.29) is 17.2 Å². The summed E-state index contributed by atoms with van der Waals surface area (Å²) in [7, 11) is 1.23. The number of methoxy groups -OCH3 is 1. The number of imide groups is 1. The maximum absolute atomic E-state index is 13.3. The number of benzene rings is 2. The first kappa shape index (κ1) is 23.4. The molecule has 4 amide bonds. The number of anilines is 1. The smallest absolute Gasteiger partial charge is 0.357 e. The van der Waals surface area contributed by atoms with Crippen molar-refractivity contribution in [1.29, 1.82) is 0 Å². The van der Waals surface area contributed by atoms with Gasteiger partial charge in [-0.25, -0.2) is 19.5 Å². The summed E-state index contributed by atoms with van der Waals surface area (Å²) in [4.78, 5) is 56.1. The topological polar surface area (TPSA) is 118 Å². The van der Waals surface area contributed by atoms with Crippen molar-refractivity contribution < 1.29 is 23.9 Å². The third kappa shape index (κ3) is 4.78. The lowest BCUT2D eigenvalue weighted by atomic mass is 10.0. The molecule has 0 bridgehead atoms. The van der Waals surface area contributed by atoms with Gasteiger partial charge in [-0.15, -0.1) is 11.3 Å². The number of urea groups is 1. The molecular formula is C23H19ClN4O5S. The van der Waals surface area contributed by atoms with E-state index in [2.05, 4.69) is 20.4 Å². The minimum atomic E-state index is -1.17. The summed E-state index contributed by atoms with van der Waals surface area (Å²) in [6.45, 7) is 0. The summed E-state index contributed by atoms with van der Waals surface area (Å²) >= 11 is 7.26.